The lowest BCUT2D eigenvalue weighted by Gasteiger charge is -2.06. The summed E-state index contributed by atoms with van der Waals surface area (Å²) < 4.78 is 5.22. The normalized spacial score (nSPS) is 10.6. The van der Waals surface area contributed by atoms with Crippen LogP contribution in [0, 0.1) is 0 Å². The van der Waals surface area contributed by atoms with E-state index in [2.05, 4.69) is 30.4 Å². The molecule has 0 fully saturated rings. The molecule has 0 radical (unpaired) electrons. The minimum atomic E-state index is 0.951. The molecular formula is C16H27NO. The van der Waals surface area contributed by atoms with Crippen molar-refractivity contribution in [3.05, 3.63) is 29.8 Å². The van der Waals surface area contributed by atoms with Gasteiger partial charge in [0.1, 0.15) is 5.75 Å². The standard InChI is InChI=1S/C16H27NO/c1-3-4-5-6-7-12-17-13-11-15-9-8-10-16(14-15)18-2/h8-10,14,17H,3-7,11-13H2,1-2H3. The highest BCUT2D eigenvalue weighted by atomic mass is 16.5. The summed E-state index contributed by atoms with van der Waals surface area (Å²) >= 11 is 0. The first-order chi connectivity index (χ1) is 8.86. The average Bonchev–Trinajstić information content (AvgIpc) is 2.42. The van der Waals surface area contributed by atoms with Crippen molar-refractivity contribution in [2.45, 2.75) is 45.4 Å². The monoisotopic (exact) mass is 249 g/mol. The highest BCUT2D eigenvalue weighted by Crippen LogP contribution is 2.12. The summed E-state index contributed by atoms with van der Waals surface area (Å²) in [5.41, 5.74) is 1.34. The molecule has 2 heteroatoms. The SMILES string of the molecule is CCCCCCCNCCc1cccc(OC)c1. The highest BCUT2D eigenvalue weighted by Gasteiger charge is 1.96. The Balaban J connectivity index is 2.03. The molecule has 0 aliphatic heterocycles. The van der Waals surface area contributed by atoms with Crippen LogP contribution >= 0.6 is 0 Å². The van der Waals surface area contributed by atoms with Gasteiger partial charge in [-0.25, -0.2) is 0 Å². The lowest BCUT2D eigenvalue weighted by atomic mass is 10.1. The zero-order chi connectivity index (χ0) is 13.1. The van der Waals surface area contributed by atoms with Gasteiger partial charge in [0.25, 0.3) is 0 Å². The number of benzene rings is 1. The van der Waals surface area contributed by atoms with Crippen LogP contribution < -0.4 is 10.1 Å². The van der Waals surface area contributed by atoms with Crippen LogP contribution in [0.5, 0.6) is 5.75 Å². The molecule has 0 saturated heterocycles. The van der Waals surface area contributed by atoms with Crippen LogP contribution in [0.2, 0.25) is 0 Å². The molecule has 0 spiro atoms. The number of unbranched alkanes of at least 4 members (excludes halogenated alkanes) is 4. The summed E-state index contributed by atoms with van der Waals surface area (Å²) in [6.45, 7) is 4.46. The highest BCUT2D eigenvalue weighted by molar-refractivity contribution is 5.28. The Morgan fingerprint density at radius 3 is 2.67 bits per heavy atom. The van der Waals surface area contributed by atoms with Gasteiger partial charge in [-0.3, -0.25) is 0 Å². The molecule has 1 aromatic rings. The number of ether oxygens (including phenoxy) is 1. The Hall–Kier alpha value is -1.02. The lowest BCUT2D eigenvalue weighted by Crippen LogP contribution is -2.18. The van der Waals surface area contributed by atoms with E-state index in [-0.39, 0.29) is 0 Å². The molecule has 0 atom stereocenters. The van der Waals surface area contributed by atoms with Gasteiger partial charge in [-0.1, -0.05) is 44.7 Å². The van der Waals surface area contributed by atoms with Crippen molar-refractivity contribution in [1.82, 2.24) is 5.32 Å². The van der Waals surface area contributed by atoms with E-state index in [9.17, 15) is 0 Å². The van der Waals surface area contributed by atoms with Gasteiger partial charge in [-0.2, -0.15) is 0 Å². The van der Waals surface area contributed by atoms with Gasteiger partial charge in [0.15, 0.2) is 0 Å². The molecular weight excluding hydrogens is 222 g/mol. The molecule has 18 heavy (non-hydrogen) atoms. The number of hydrogen-bond donors (Lipinski definition) is 1. The second-order valence-corrected chi connectivity index (χ2v) is 4.77. The summed E-state index contributed by atoms with van der Waals surface area (Å²) in [7, 11) is 1.72. The minimum absolute atomic E-state index is 0.951. The molecule has 0 aromatic heterocycles. The number of methoxy groups -OCH3 is 1. The predicted octanol–water partition coefficient (Wildman–Crippen LogP) is 3.80. The third kappa shape index (κ3) is 6.65. The van der Waals surface area contributed by atoms with Gasteiger partial charge in [0.05, 0.1) is 7.11 Å². The lowest BCUT2D eigenvalue weighted by molar-refractivity contribution is 0.414. The van der Waals surface area contributed by atoms with Gasteiger partial charge in [-0.05, 0) is 43.6 Å². The maximum Gasteiger partial charge on any atom is 0.119 e. The summed E-state index contributed by atoms with van der Waals surface area (Å²) in [5.74, 6) is 0.951. The summed E-state index contributed by atoms with van der Waals surface area (Å²) in [6.07, 6.45) is 7.82. The van der Waals surface area contributed by atoms with E-state index in [1.54, 1.807) is 7.11 Å². The van der Waals surface area contributed by atoms with Crippen molar-refractivity contribution in [3.63, 3.8) is 0 Å². The van der Waals surface area contributed by atoms with E-state index < -0.39 is 0 Å². The molecule has 0 aliphatic rings. The Labute approximate surface area is 112 Å². The van der Waals surface area contributed by atoms with Gasteiger partial charge >= 0.3 is 0 Å². The summed E-state index contributed by atoms with van der Waals surface area (Å²) in [4.78, 5) is 0. The van der Waals surface area contributed by atoms with Crippen molar-refractivity contribution < 1.29 is 4.74 Å². The van der Waals surface area contributed by atoms with Crippen molar-refractivity contribution >= 4 is 0 Å². The second-order valence-electron chi connectivity index (χ2n) is 4.77. The largest absolute Gasteiger partial charge is 0.497 e. The Bertz CT molecular complexity index is 312. The van der Waals surface area contributed by atoms with Crippen LogP contribution in [0.15, 0.2) is 24.3 Å². The quantitative estimate of drug-likeness (QED) is 0.637. The zero-order valence-electron chi connectivity index (χ0n) is 11.9. The first kappa shape index (κ1) is 15.0. The van der Waals surface area contributed by atoms with Crippen LogP contribution in [0.25, 0.3) is 0 Å². The third-order valence-electron chi connectivity index (χ3n) is 3.18. The van der Waals surface area contributed by atoms with E-state index >= 15 is 0 Å². The van der Waals surface area contributed by atoms with E-state index in [1.165, 1.54) is 37.7 Å². The van der Waals surface area contributed by atoms with Crippen molar-refractivity contribution in [2.75, 3.05) is 20.2 Å². The fraction of sp³-hybridized carbons (Fsp3) is 0.625. The first-order valence-electron chi connectivity index (χ1n) is 7.20. The fourth-order valence-corrected chi connectivity index (χ4v) is 2.04. The van der Waals surface area contributed by atoms with Crippen LogP contribution in [0.1, 0.15) is 44.6 Å². The Kier molecular flexibility index (Phi) is 8.32. The Morgan fingerprint density at radius 2 is 1.89 bits per heavy atom. The molecule has 0 amide bonds. The molecule has 0 unspecified atom stereocenters. The zero-order valence-corrected chi connectivity index (χ0v) is 11.9. The number of hydrogen-bond acceptors (Lipinski definition) is 2. The van der Waals surface area contributed by atoms with Crippen LogP contribution in [0.4, 0.5) is 0 Å². The maximum atomic E-state index is 5.22. The molecule has 0 heterocycles. The van der Waals surface area contributed by atoms with Crippen molar-refractivity contribution in [1.29, 1.82) is 0 Å². The van der Waals surface area contributed by atoms with E-state index in [1.807, 2.05) is 6.07 Å². The van der Waals surface area contributed by atoms with Crippen molar-refractivity contribution in [2.24, 2.45) is 0 Å². The summed E-state index contributed by atoms with van der Waals surface area (Å²) in [5, 5.41) is 3.51. The van der Waals surface area contributed by atoms with Gasteiger partial charge < -0.3 is 10.1 Å². The van der Waals surface area contributed by atoms with Gasteiger partial charge in [0.2, 0.25) is 0 Å². The number of nitrogens with one attached hydrogen (secondary N) is 1. The van der Waals surface area contributed by atoms with Crippen LogP contribution in [-0.4, -0.2) is 20.2 Å². The topological polar surface area (TPSA) is 21.3 Å². The number of rotatable bonds is 10. The predicted molar refractivity (Wildman–Crippen MR) is 78.3 cm³/mol. The van der Waals surface area contributed by atoms with E-state index in [0.717, 1.165) is 25.3 Å². The Morgan fingerprint density at radius 1 is 1.06 bits per heavy atom. The van der Waals surface area contributed by atoms with Gasteiger partial charge in [-0.15, -0.1) is 0 Å². The second kappa shape index (κ2) is 9.95. The first-order valence-corrected chi connectivity index (χ1v) is 7.20. The smallest absolute Gasteiger partial charge is 0.119 e. The van der Waals surface area contributed by atoms with E-state index in [4.69, 9.17) is 4.74 Å². The van der Waals surface area contributed by atoms with Crippen LogP contribution in [0.3, 0.4) is 0 Å². The maximum absolute atomic E-state index is 5.22. The molecule has 102 valence electrons. The molecule has 1 N–H and O–H groups in total. The van der Waals surface area contributed by atoms with Gasteiger partial charge in [0, 0.05) is 0 Å². The molecule has 0 saturated carbocycles. The molecule has 0 bridgehead atoms. The molecule has 1 rings (SSSR count). The van der Waals surface area contributed by atoms with E-state index in [0.29, 0.717) is 0 Å². The summed E-state index contributed by atoms with van der Waals surface area (Å²) in [6, 6.07) is 8.32. The average molecular weight is 249 g/mol. The minimum Gasteiger partial charge on any atom is -0.497 e. The molecule has 1 aromatic carbocycles. The van der Waals surface area contributed by atoms with Crippen molar-refractivity contribution in [3.8, 4) is 5.75 Å². The fourth-order valence-electron chi connectivity index (χ4n) is 2.04. The molecule has 0 aliphatic carbocycles. The van der Waals surface area contributed by atoms with Crippen LogP contribution in [-0.2, 0) is 6.42 Å². The molecule has 2 nitrogen and oxygen atoms in total. The third-order valence-corrected chi connectivity index (χ3v) is 3.18.